The van der Waals surface area contributed by atoms with Gasteiger partial charge in [-0.1, -0.05) is 36.4 Å². The minimum absolute atomic E-state index is 0.0215. The van der Waals surface area contributed by atoms with Gasteiger partial charge in [-0.3, -0.25) is 4.79 Å². The van der Waals surface area contributed by atoms with E-state index in [0.717, 1.165) is 40.4 Å². The Kier molecular flexibility index (Phi) is 6.24. The SMILES string of the molecule is COc1cccc(-c2nc(-c3ccc(CCC(C)NC(C)=O)cc3)cs2)c1. The third-order valence-electron chi connectivity index (χ3n) is 4.39. The lowest BCUT2D eigenvalue weighted by atomic mass is 10.0. The van der Waals surface area contributed by atoms with E-state index in [9.17, 15) is 4.79 Å². The van der Waals surface area contributed by atoms with Gasteiger partial charge >= 0.3 is 0 Å². The van der Waals surface area contributed by atoms with Gasteiger partial charge in [-0.2, -0.15) is 0 Å². The van der Waals surface area contributed by atoms with Gasteiger partial charge in [-0.05, 0) is 37.5 Å². The van der Waals surface area contributed by atoms with Gasteiger partial charge in [0.15, 0.2) is 0 Å². The predicted molar refractivity (Wildman–Crippen MR) is 111 cm³/mol. The molecule has 5 heteroatoms. The number of aromatic nitrogens is 1. The third kappa shape index (κ3) is 5.17. The van der Waals surface area contributed by atoms with Crippen molar-refractivity contribution in [1.82, 2.24) is 10.3 Å². The van der Waals surface area contributed by atoms with Gasteiger partial charge in [0.05, 0.1) is 12.8 Å². The Hall–Kier alpha value is -2.66. The van der Waals surface area contributed by atoms with Crippen LogP contribution in [0.25, 0.3) is 21.8 Å². The van der Waals surface area contributed by atoms with E-state index in [0.29, 0.717) is 0 Å². The molecule has 27 heavy (non-hydrogen) atoms. The van der Waals surface area contributed by atoms with Crippen LogP contribution in [0.1, 0.15) is 25.8 Å². The van der Waals surface area contributed by atoms with Crippen molar-refractivity contribution in [1.29, 1.82) is 0 Å². The summed E-state index contributed by atoms with van der Waals surface area (Å²) in [6.45, 7) is 3.59. The zero-order valence-electron chi connectivity index (χ0n) is 15.9. The van der Waals surface area contributed by atoms with Crippen LogP contribution in [-0.4, -0.2) is 24.0 Å². The van der Waals surface area contributed by atoms with Crippen molar-refractivity contribution in [2.24, 2.45) is 0 Å². The normalized spacial score (nSPS) is 11.8. The zero-order valence-corrected chi connectivity index (χ0v) is 16.7. The molecule has 0 saturated carbocycles. The minimum Gasteiger partial charge on any atom is -0.497 e. The van der Waals surface area contributed by atoms with Crippen LogP contribution in [-0.2, 0) is 11.2 Å². The number of nitrogens with zero attached hydrogens (tertiary/aromatic N) is 1. The number of benzene rings is 2. The van der Waals surface area contributed by atoms with Crippen molar-refractivity contribution >= 4 is 17.2 Å². The molecule has 140 valence electrons. The first-order chi connectivity index (χ1) is 13.0. The molecule has 0 aliphatic heterocycles. The van der Waals surface area contributed by atoms with Crippen molar-refractivity contribution in [3.05, 3.63) is 59.5 Å². The quantitative estimate of drug-likeness (QED) is 0.631. The fourth-order valence-corrected chi connectivity index (χ4v) is 3.77. The van der Waals surface area contributed by atoms with Crippen LogP contribution in [0.2, 0.25) is 0 Å². The molecule has 3 rings (SSSR count). The van der Waals surface area contributed by atoms with Gasteiger partial charge in [-0.15, -0.1) is 11.3 Å². The van der Waals surface area contributed by atoms with Crippen LogP contribution in [0, 0.1) is 0 Å². The number of thiazole rings is 1. The number of amides is 1. The summed E-state index contributed by atoms with van der Waals surface area (Å²) in [7, 11) is 1.67. The molecule has 1 atom stereocenters. The monoisotopic (exact) mass is 380 g/mol. The van der Waals surface area contributed by atoms with Crippen molar-refractivity contribution in [3.8, 4) is 27.6 Å². The Labute approximate surface area is 164 Å². The van der Waals surface area contributed by atoms with Gasteiger partial charge in [0.1, 0.15) is 10.8 Å². The lowest BCUT2D eigenvalue weighted by molar-refractivity contribution is -0.119. The van der Waals surface area contributed by atoms with Crippen molar-refractivity contribution in [3.63, 3.8) is 0 Å². The molecule has 1 aromatic heterocycles. The molecule has 1 heterocycles. The molecule has 1 N–H and O–H groups in total. The molecule has 3 aromatic rings. The van der Waals surface area contributed by atoms with Crippen LogP contribution in [0.3, 0.4) is 0 Å². The average molecular weight is 381 g/mol. The van der Waals surface area contributed by atoms with Crippen LogP contribution in [0.4, 0.5) is 0 Å². The molecule has 4 nitrogen and oxygen atoms in total. The van der Waals surface area contributed by atoms with E-state index in [4.69, 9.17) is 9.72 Å². The first-order valence-electron chi connectivity index (χ1n) is 9.01. The standard InChI is InChI=1S/C22H24N2O2S/c1-15(23-16(2)25)7-8-17-9-11-18(12-10-17)21-14-27-22(24-21)19-5-4-6-20(13-19)26-3/h4-6,9-15H,7-8H2,1-3H3,(H,23,25). The number of carbonyl (C=O) groups is 1. The van der Waals surface area contributed by atoms with Crippen LogP contribution < -0.4 is 10.1 Å². The molecular formula is C22H24N2O2S. The highest BCUT2D eigenvalue weighted by Crippen LogP contribution is 2.30. The maximum atomic E-state index is 11.1. The summed E-state index contributed by atoms with van der Waals surface area (Å²) in [5, 5.41) is 5.99. The molecule has 1 amide bonds. The molecule has 0 saturated heterocycles. The average Bonchev–Trinajstić information content (AvgIpc) is 3.16. The maximum Gasteiger partial charge on any atom is 0.217 e. The zero-order chi connectivity index (χ0) is 19.2. The molecule has 1 unspecified atom stereocenters. The van der Waals surface area contributed by atoms with Gasteiger partial charge in [0, 0.05) is 29.5 Å². The highest BCUT2D eigenvalue weighted by Gasteiger charge is 2.08. The number of hydrogen-bond donors (Lipinski definition) is 1. The van der Waals surface area contributed by atoms with E-state index in [1.165, 1.54) is 5.56 Å². The van der Waals surface area contributed by atoms with Crippen LogP contribution in [0.5, 0.6) is 5.75 Å². The number of methoxy groups -OCH3 is 1. The Bertz CT molecular complexity index is 903. The van der Waals surface area contributed by atoms with E-state index < -0.39 is 0 Å². The minimum atomic E-state index is 0.0215. The summed E-state index contributed by atoms with van der Waals surface area (Å²) in [6.07, 6.45) is 1.86. The molecular weight excluding hydrogens is 356 g/mol. The van der Waals surface area contributed by atoms with Crippen molar-refractivity contribution in [2.75, 3.05) is 7.11 Å². The molecule has 0 spiro atoms. The highest BCUT2D eigenvalue weighted by molar-refractivity contribution is 7.13. The highest BCUT2D eigenvalue weighted by atomic mass is 32.1. The maximum absolute atomic E-state index is 11.1. The fourth-order valence-electron chi connectivity index (χ4n) is 2.94. The smallest absolute Gasteiger partial charge is 0.217 e. The van der Waals surface area contributed by atoms with E-state index >= 15 is 0 Å². The second kappa shape index (κ2) is 8.82. The van der Waals surface area contributed by atoms with Gasteiger partial charge < -0.3 is 10.1 Å². The number of aryl methyl sites for hydroxylation is 1. The van der Waals surface area contributed by atoms with Gasteiger partial charge in [0.25, 0.3) is 0 Å². The molecule has 0 aliphatic rings. The summed E-state index contributed by atoms with van der Waals surface area (Å²) in [5.74, 6) is 0.857. The topological polar surface area (TPSA) is 51.2 Å². The van der Waals surface area contributed by atoms with E-state index in [-0.39, 0.29) is 11.9 Å². The summed E-state index contributed by atoms with van der Waals surface area (Å²) >= 11 is 1.63. The Morgan fingerprint density at radius 2 is 1.96 bits per heavy atom. The van der Waals surface area contributed by atoms with Crippen molar-refractivity contribution < 1.29 is 9.53 Å². The predicted octanol–water partition coefficient (Wildman–Crippen LogP) is 4.94. The summed E-state index contributed by atoms with van der Waals surface area (Å²) in [6, 6.07) is 16.7. The second-order valence-electron chi connectivity index (χ2n) is 6.61. The number of carbonyl (C=O) groups excluding carboxylic acids is 1. The molecule has 0 radical (unpaired) electrons. The van der Waals surface area contributed by atoms with Gasteiger partial charge in [-0.25, -0.2) is 4.98 Å². The van der Waals surface area contributed by atoms with E-state index in [1.54, 1.807) is 25.4 Å². The van der Waals surface area contributed by atoms with E-state index in [1.807, 2.05) is 31.2 Å². The molecule has 0 fully saturated rings. The Morgan fingerprint density at radius 1 is 1.19 bits per heavy atom. The first kappa shape index (κ1) is 19.1. The van der Waals surface area contributed by atoms with Crippen molar-refractivity contribution in [2.45, 2.75) is 32.7 Å². The summed E-state index contributed by atoms with van der Waals surface area (Å²) < 4.78 is 5.30. The number of rotatable bonds is 7. The summed E-state index contributed by atoms with van der Waals surface area (Å²) in [5.41, 5.74) is 4.42. The molecule has 0 aliphatic carbocycles. The summed E-state index contributed by atoms with van der Waals surface area (Å²) in [4.78, 5) is 15.9. The fraction of sp³-hybridized carbons (Fsp3) is 0.273. The number of nitrogens with one attached hydrogen (secondary N) is 1. The lowest BCUT2D eigenvalue weighted by Crippen LogP contribution is -2.30. The molecule has 2 aromatic carbocycles. The lowest BCUT2D eigenvalue weighted by Gasteiger charge is -2.12. The van der Waals surface area contributed by atoms with E-state index in [2.05, 4.69) is 35.0 Å². The third-order valence-corrected chi connectivity index (χ3v) is 5.28. The number of ether oxygens (including phenoxy) is 1. The Morgan fingerprint density at radius 3 is 2.67 bits per heavy atom. The van der Waals surface area contributed by atoms with Crippen LogP contribution >= 0.6 is 11.3 Å². The first-order valence-corrected chi connectivity index (χ1v) is 9.89. The molecule has 0 bridgehead atoms. The Balaban J connectivity index is 1.67. The van der Waals surface area contributed by atoms with Crippen LogP contribution in [0.15, 0.2) is 53.9 Å². The van der Waals surface area contributed by atoms with Gasteiger partial charge in [0.2, 0.25) is 5.91 Å². The largest absolute Gasteiger partial charge is 0.497 e. The number of hydrogen-bond acceptors (Lipinski definition) is 4. The second-order valence-corrected chi connectivity index (χ2v) is 7.47.